The highest BCUT2D eigenvalue weighted by molar-refractivity contribution is 7.13. The summed E-state index contributed by atoms with van der Waals surface area (Å²) < 4.78 is 0. The number of likely N-dealkylation sites (tertiary alicyclic amines) is 1. The van der Waals surface area contributed by atoms with Crippen molar-refractivity contribution < 1.29 is 19.2 Å². The summed E-state index contributed by atoms with van der Waals surface area (Å²) in [5, 5.41) is 3.46. The van der Waals surface area contributed by atoms with Gasteiger partial charge in [0.25, 0.3) is 5.91 Å². The van der Waals surface area contributed by atoms with Gasteiger partial charge in [0, 0.05) is 42.8 Å². The van der Waals surface area contributed by atoms with Gasteiger partial charge in [-0.05, 0) is 69.5 Å². The molecule has 0 spiro atoms. The van der Waals surface area contributed by atoms with Gasteiger partial charge in [-0.2, -0.15) is 0 Å². The number of Topliss-reactive ketones (excluding diaryl/α,β-unsaturated/α-hetero) is 2. The summed E-state index contributed by atoms with van der Waals surface area (Å²) in [7, 11) is 3.74. The molecule has 0 bridgehead atoms. The maximum Gasteiger partial charge on any atom is 0.271 e. The highest BCUT2D eigenvalue weighted by atomic mass is 32.1. The molecule has 0 saturated carbocycles. The Kier molecular flexibility index (Phi) is 14.1. The van der Waals surface area contributed by atoms with Crippen LogP contribution in [0.4, 0.5) is 0 Å². The number of thiazole rings is 1. The number of hydrogen-bond acceptors (Lipinski definition) is 7. The Morgan fingerprint density at radius 1 is 1.00 bits per heavy atom. The molecule has 1 aromatic carbocycles. The fourth-order valence-corrected chi connectivity index (χ4v) is 7.47. The number of rotatable bonds is 16. The molecule has 2 aromatic rings. The normalized spacial score (nSPS) is 17.6. The number of nitrogens with zero attached hydrogens (tertiary/aromatic N) is 3. The minimum atomic E-state index is -0.448. The van der Waals surface area contributed by atoms with Crippen molar-refractivity contribution in [2.24, 2.45) is 23.7 Å². The van der Waals surface area contributed by atoms with E-state index in [1.165, 1.54) is 11.3 Å². The van der Waals surface area contributed by atoms with Gasteiger partial charge in [0.2, 0.25) is 5.91 Å². The second-order valence-corrected chi connectivity index (χ2v) is 15.5. The largest absolute Gasteiger partial charge is 0.348 e. The number of piperidine rings is 1. The van der Waals surface area contributed by atoms with E-state index in [-0.39, 0.29) is 76.9 Å². The SMILES string of the molecule is Cc1sc(C(=O)C[C@H](C(C)C)N(C)C(=O)[C@@H](CC(=O)[C@H]2CCCCN2C)C(C)C)nc1C(=O)N[C@@H](Cc1ccccc1)CC(C)C. The number of ketones is 2. The maximum absolute atomic E-state index is 13.9. The molecule has 254 valence electrons. The van der Waals surface area contributed by atoms with E-state index in [1.807, 2.05) is 59.9 Å². The third-order valence-corrected chi connectivity index (χ3v) is 10.4. The Bertz CT molecular complexity index is 1320. The van der Waals surface area contributed by atoms with Crippen LogP contribution in [0.15, 0.2) is 30.3 Å². The first-order valence-corrected chi connectivity index (χ1v) is 17.9. The Morgan fingerprint density at radius 2 is 1.67 bits per heavy atom. The monoisotopic (exact) mass is 652 g/mol. The third-order valence-electron chi connectivity index (χ3n) is 9.36. The van der Waals surface area contributed by atoms with Crippen LogP contribution in [0.5, 0.6) is 0 Å². The smallest absolute Gasteiger partial charge is 0.271 e. The van der Waals surface area contributed by atoms with Gasteiger partial charge in [-0.25, -0.2) is 4.98 Å². The molecule has 1 aliphatic heterocycles. The molecule has 8 nitrogen and oxygen atoms in total. The number of nitrogens with one attached hydrogen (secondary N) is 1. The van der Waals surface area contributed by atoms with E-state index in [0.717, 1.165) is 44.2 Å². The van der Waals surface area contributed by atoms with Crippen LogP contribution in [-0.2, 0) is 16.0 Å². The van der Waals surface area contributed by atoms with Crippen LogP contribution in [-0.4, -0.2) is 76.9 Å². The molecular weight excluding hydrogens is 596 g/mol. The van der Waals surface area contributed by atoms with E-state index < -0.39 is 5.92 Å². The number of likely N-dealkylation sites (N-methyl/N-ethyl adjacent to an activating group) is 1. The molecule has 9 heteroatoms. The van der Waals surface area contributed by atoms with Gasteiger partial charge < -0.3 is 10.2 Å². The van der Waals surface area contributed by atoms with Gasteiger partial charge in [-0.1, -0.05) is 78.3 Å². The number of benzene rings is 1. The van der Waals surface area contributed by atoms with Crippen LogP contribution in [0, 0.1) is 30.6 Å². The molecule has 1 saturated heterocycles. The molecule has 1 aromatic heterocycles. The first kappa shape index (κ1) is 37.5. The maximum atomic E-state index is 13.9. The summed E-state index contributed by atoms with van der Waals surface area (Å²) in [4.78, 5) is 63.3. The van der Waals surface area contributed by atoms with E-state index in [1.54, 1.807) is 11.9 Å². The van der Waals surface area contributed by atoms with Crippen LogP contribution in [0.25, 0.3) is 0 Å². The van der Waals surface area contributed by atoms with Crippen molar-refractivity contribution in [2.75, 3.05) is 20.6 Å². The number of aromatic nitrogens is 1. The third kappa shape index (κ3) is 10.3. The predicted molar refractivity (Wildman–Crippen MR) is 186 cm³/mol. The van der Waals surface area contributed by atoms with Crippen molar-refractivity contribution in [2.45, 2.75) is 112 Å². The van der Waals surface area contributed by atoms with Gasteiger partial charge in [0.1, 0.15) is 5.69 Å². The van der Waals surface area contributed by atoms with Crippen molar-refractivity contribution in [1.29, 1.82) is 0 Å². The number of carbonyl (C=O) groups is 4. The van der Waals surface area contributed by atoms with E-state index in [0.29, 0.717) is 10.8 Å². The standard InChI is InChI=1S/C37H56N4O4S/c1-23(2)19-28(20-27-15-11-10-12-16-27)38-35(44)34-26(7)46-36(39-34)33(43)22-31(25(5)6)41(9)37(45)29(24(3)4)21-32(42)30-17-13-14-18-40(30)8/h10-12,15-16,23-25,28-31H,13-14,17-22H2,1-9H3,(H,38,44)/t28-,29+,30-,31-/m1/s1. The van der Waals surface area contributed by atoms with Crippen LogP contribution < -0.4 is 5.32 Å². The average molecular weight is 653 g/mol. The molecule has 2 amide bonds. The summed E-state index contributed by atoms with van der Waals surface area (Å²) in [5.41, 5.74) is 1.44. The zero-order chi connectivity index (χ0) is 34.1. The molecule has 3 rings (SSSR count). The summed E-state index contributed by atoms with van der Waals surface area (Å²) >= 11 is 1.23. The fraction of sp³-hybridized carbons (Fsp3) is 0.649. The first-order chi connectivity index (χ1) is 21.7. The number of carbonyl (C=O) groups excluding carboxylic acids is 4. The van der Waals surface area contributed by atoms with Crippen molar-refractivity contribution in [3.05, 3.63) is 51.5 Å². The van der Waals surface area contributed by atoms with Crippen molar-refractivity contribution in [3.63, 3.8) is 0 Å². The fourth-order valence-electron chi connectivity index (χ4n) is 6.61. The van der Waals surface area contributed by atoms with E-state index in [4.69, 9.17) is 0 Å². The van der Waals surface area contributed by atoms with Crippen molar-refractivity contribution in [1.82, 2.24) is 20.1 Å². The Morgan fingerprint density at radius 3 is 2.26 bits per heavy atom. The molecule has 1 aliphatic rings. The Labute approximate surface area is 280 Å². The predicted octanol–water partition coefficient (Wildman–Crippen LogP) is 6.61. The topological polar surface area (TPSA) is 99.7 Å². The van der Waals surface area contributed by atoms with Gasteiger partial charge in [0.05, 0.1) is 6.04 Å². The van der Waals surface area contributed by atoms with Gasteiger partial charge >= 0.3 is 0 Å². The van der Waals surface area contributed by atoms with Crippen LogP contribution in [0.3, 0.4) is 0 Å². The summed E-state index contributed by atoms with van der Waals surface area (Å²) in [6.07, 6.45) is 4.82. The average Bonchev–Trinajstić information content (AvgIpc) is 3.39. The molecule has 0 unspecified atom stereocenters. The van der Waals surface area contributed by atoms with Crippen molar-refractivity contribution >= 4 is 34.7 Å². The molecule has 46 heavy (non-hydrogen) atoms. The lowest BCUT2D eigenvalue weighted by Gasteiger charge is -2.36. The number of amides is 2. The molecule has 0 radical (unpaired) electrons. The summed E-state index contributed by atoms with van der Waals surface area (Å²) in [6.45, 7) is 15.0. The number of aryl methyl sites for hydroxylation is 1. The quantitative estimate of drug-likeness (QED) is 0.205. The van der Waals surface area contributed by atoms with E-state index in [2.05, 4.69) is 41.2 Å². The molecular formula is C37H56N4O4S. The van der Waals surface area contributed by atoms with Crippen LogP contribution in [0.2, 0.25) is 0 Å². The van der Waals surface area contributed by atoms with Gasteiger partial charge in [-0.15, -0.1) is 11.3 Å². The van der Waals surface area contributed by atoms with Crippen LogP contribution in [0.1, 0.15) is 111 Å². The Balaban J connectivity index is 1.71. The zero-order valence-electron chi connectivity index (χ0n) is 29.5. The minimum Gasteiger partial charge on any atom is -0.348 e. The second kappa shape index (κ2) is 17.3. The molecule has 1 fully saturated rings. The van der Waals surface area contributed by atoms with Crippen molar-refractivity contribution in [3.8, 4) is 0 Å². The highest BCUT2D eigenvalue weighted by Gasteiger charge is 2.36. The number of hydrogen-bond donors (Lipinski definition) is 1. The zero-order valence-corrected chi connectivity index (χ0v) is 30.3. The summed E-state index contributed by atoms with van der Waals surface area (Å²) in [5.74, 6) is -0.482. The lowest BCUT2D eigenvalue weighted by molar-refractivity contribution is -0.142. The first-order valence-electron chi connectivity index (χ1n) is 17.0. The molecule has 0 aliphatic carbocycles. The molecule has 2 heterocycles. The van der Waals surface area contributed by atoms with Gasteiger partial charge in [-0.3, -0.25) is 24.1 Å². The molecule has 1 N–H and O–H groups in total. The summed E-state index contributed by atoms with van der Waals surface area (Å²) in [6, 6.07) is 9.56. The second-order valence-electron chi connectivity index (χ2n) is 14.3. The van der Waals surface area contributed by atoms with Crippen LogP contribution >= 0.6 is 11.3 Å². The minimum absolute atomic E-state index is 0.00416. The highest BCUT2D eigenvalue weighted by Crippen LogP contribution is 2.28. The Hall–Kier alpha value is -2.91. The van der Waals surface area contributed by atoms with E-state index in [9.17, 15) is 19.2 Å². The molecule has 4 atom stereocenters. The lowest BCUT2D eigenvalue weighted by Crippen LogP contribution is -2.48. The van der Waals surface area contributed by atoms with E-state index >= 15 is 0 Å². The lowest BCUT2D eigenvalue weighted by atomic mass is 9.85. The van der Waals surface area contributed by atoms with Gasteiger partial charge in [0.15, 0.2) is 16.6 Å².